The zero-order valence-electron chi connectivity index (χ0n) is 11.2. The Bertz CT molecular complexity index is 347. The minimum Gasteiger partial charge on any atom is -0.384 e. The molecule has 1 saturated heterocycles. The third-order valence-corrected chi connectivity index (χ3v) is 3.39. The molecular weight excluding hydrogens is 228 g/mol. The van der Waals surface area contributed by atoms with Crippen LogP contribution < -0.4 is 10.2 Å². The normalized spacial score (nSPS) is 17.1. The maximum atomic E-state index is 5.21. The summed E-state index contributed by atoms with van der Waals surface area (Å²) < 4.78 is 5.21. The Morgan fingerprint density at radius 3 is 2.67 bits per heavy atom. The van der Waals surface area contributed by atoms with Gasteiger partial charge in [-0.3, -0.25) is 4.98 Å². The molecule has 1 fully saturated rings. The van der Waals surface area contributed by atoms with E-state index in [2.05, 4.69) is 20.2 Å². The van der Waals surface area contributed by atoms with E-state index in [0.29, 0.717) is 5.92 Å². The summed E-state index contributed by atoms with van der Waals surface area (Å²) in [6, 6.07) is 0. The molecule has 0 radical (unpaired) electrons. The topological polar surface area (TPSA) is 50.3 Å². The summed E-state index contributed by atoms with van der Waals surface area (Å²) in [7, 11) is 3.69. The Morgan fingerprint density at radius 1 is 1.33 bits per heavy atom. The molecule has 1 aromatic rings. The molecular formula is C13H22N4O. The van der Waals surface area contributed by atoms with Gasteiger partial charge in [0.2, 0.25) is 0 Å². The average Bonchev–Trinajstić information content (AvgIpc) is 2.41. The number of anilines is 1. The van der Waals surface area contributed by atoms with Gasteiger partial charge in [0.1, 0.15) is 5.82 Å². The van der Waals surface area contributed by atoms with Crippen molar-refractivity contribution in [2.24, 2.45) is 5.92 Å². The third kappa shape index (κ3) is 3.40. The van der Waals surface area contributed by atoms with Crippen LogP contribution in [0.5, 0.6) is 0 Å². The summed E-state index contributed by atoms with van der Waals surface area (Å²) in [6.07, 6.45) is 6.08. The first-order valence-corrected chi connectivity index (χ1v) is 6.53. The number of aromatic nitrogens is 2. The van der Waals surface area contributed by atoms with E-state index < -0.39 is 0 Å². The number of nitrogens with one attached hydrogen (secondary N) is 1. The van der Waals surface area contributed by atoms with Gasteiger partial charge in [0.15, 0.2) is 0 Å². The second-order valence-corrected chi connectivity index (χ2v) is 4.78. The highest BCUT2D eigenvalue weighted by atomic mass is 16.5. The largest absolute Gasteiger partial charge is 0.384 e. The summed E-state index contributed by atoms with van der Waals surface area (Å²) in [5.74, 6) is 1.69. The van der Waals surface area contributed by atoms with Crippen molar-refractivity contribution in [1.29, 1.82) is 0 Å². The average molecular weight is 250 g/mol. The fraction of sp³-hybridized carbons (Fsp3) is 0.692. The quantitative estimate of drug-likeness (QED) is 0.847. The van der Waals surface area contributed by atoms with Crippen molar-refractivity contribution in [3.63, 3.8) is 0 Å². The number of hydrogen-bond acceptors (Lipinski definition) is 5. The summed E-state index contributed by atoms with van der Waals surface area (Å²) in [4.78, 5) is 11.2. The Morgan fingerprint density at radius 2 is 2.11 bits per heavy atom. The smallest absolute Gasteiger partial charge is 0.147 e. The molecule has 2 rings (SSSR count). The van der Waals surface area contributed by atoms with Gasteiger partial charge < -0.3 is 15.0 Å². The van der Waals surface area contributed by atoms with Gasteiger partial charge in [0.05, 0.1) is 18.1 Å². The highest BCUT2D eigenvalue weighted by molar-refractivity contribution is 5.36. The van der Waals surface area contributed by atoms with Gasteiger partial charge in [-0.15, -0.1) is 0 Å². The first kappa shape index (κ1) is 13.2. The zero-order chi connectivity index (χ0) is 12.8. The van der Waals surface area contributed by atoms with Crippen LogP contribution in [0.2, 0.25) is 0 Å². The van der Waals surface area contributed by atoms with Crippen LogP contribution in [0.4, 0.5) is 5.82 Å². The summed E-state index contributed by atoms with van der Waals surface area (Å²) in [6.45, 7) is 3.74. The van der Waals surface area contributed by atoms with E-state index in [1.54, 1.807) is 7.11 Å². The van der Waals surface area contributed by atoms with Crippen molar-refractivity contribution in [2.45, 2.75) is 19.4 Å². The van der Waals surface area contributed by atoms with Gasteiger partial charge in [-0.2, -0.15) is 0 Å². The minimum atomic E-state index is 0.697. The van der Waals surface area contributed by atoms with Crippen LogP contribution in [0.3, 0.4) is 0 Å². The predicted octanol–water partition coefficient (Wildman–Crippen LogP) is 1.06. The molecule has 0 unspecified atom stereocenters. The molecule has 1 aliphatic heterocycles. The Labute approximate surface area is 109 Å². The van der Waals surface area contributed by atoms with E-state index in [4.69, 9.17) is 4.74 Å². The van der Waals surface area contributed by atoms with Crippen molar-refractivity contribution >= 4 is 5.82 Å². The van der Waals surface area contributed by atoms with Crippen LogP contribution in [0.25, 0.3) is 0 Å². The number of hydrogen-bond donors (Lipinski definition) is 1. The van der Waals surface area contributed by atoms with E-state index in [1.165, 1.54) is 12.8 Å². The Hall–Kier alpha value is -1.20. The SMILES string of the molecule is CNCc1cnc(N2CCC(COC)CC2)cn1. The summed E-state index contributed by atoms with van der Waals surface area (Å²) in [5.41, 5.74) is 0.982. The van der Waals surface area contributed by atoms with Gasteiger partial charge in [0, 0.05) is 33.4 Å². The van der Waals surface area contributed by atoms with Gasteiger partial charge in [0.25, 0.3) is 0 Å². The van der Waals surface area contributed by atoms with Crippen molar-refractivity contribution in [3.8, 4) is 0 Å². The van der Waals surface area contributed by atoms with Crippen molar-refractivity contribution in [3.05, 3.63) is 18.1 Å². The minimum absolute atomic E-state index is 0.697. The second kappa shape index (κ2) is 6.66. The van der Waals surface area contributed by atoms with E-state index in [-0.39, 0.29) is 0 Å². The van der Waals surface area contributed by atoms with Crippen LogP contribution in [0.15, 0.2) is 12.4 Å². The van der Waals surface area contributed by atoms with Crippen LogP contribution >= 0.6 is 0 Å². The maximum absolute atomic E-state index is 5.21. The van der Waals surface area contributed by atoms with Crippen LogP contribution in [-0.4, -0.2) is 43.8 Å². The van der Waals surface area contributed by atoms with Crippen molar-refractivity contribution in [1.82, 2.24) is 15.3 Å². The lowest BCUT2D eigenvalue weighted by atomic mass is 9.98. The molecule has 1 N–H and O–H groups in total. The van der Waals surface area contributed by atoms with Gasteiger partial charge in [-0.05, 0) is 25.8 Å². The third-order valence-electron chi connectivity index (χ3n) is 3.39. The highest BCUT2D eigenvalue weighted by Crippen LogP contribution is 2.21. The molecule has 0 atom stereocenters. The first-order chi connectivity index (χ1) is 8.83. The first-order valence-electron chi connectivity index (χ1n) is 6.53. The second-order valence-electron chi connectivity index (χ2n) is 4.78. The lowest BCUT2D eigenvalue weighted by Crippen LogP contribution is -2.35. The van der Waals surface area contributed by atoms with Gasteiger partial charge in [-0.1, -0.05) is 0 Å². The molecule has 1 aliphatic rings. The van der Waals surface area contributed by atoms with Crippen molar-refractivity contribution < 1.29 is 4.74 Å². The Kier molecular flexibility index (Phi) is 4.90. The molecule has 0 saturated carbocycles. The maximum Gasteiger partial charge on any atom is 0.147 e. The lowest BCUT2D eigenvalue weighted by molar-refractivity contribution is 0.139. The summed E-state index contributed by atoms with van der Waals surface area (Å²) >= 11 is 0. The Balaban J connectivity index is 1.89. The molecule has 0 amide bonds. The molecule has 5 nitrogen and oxygen atoms in total. The monoisotopic (exact) mass is 250 g/mol. The van der Waals surface area contributed by atoms with E-state index >= 15 is 0 Å². The standard InChI is InChI=1S/C13H22N4O/c1-14-7-12-8-16-13(9-15-12)17-5-3-11(4-6-17)10-18-2/h8-9,11,14H,3-7,10H2,1-2H3. The number of rotatable bonds is 5. The predicted molar refractivity (Wildman–Crippen MR) is 71.6 cm³/mol. The fourth-order valence-electron chi connectivity index (χ4n) is 2.35. The molecule has 1 aromatic heterocycles. The molecule has 0 bridgehead atoms. The molecule has 2 heterocycles. The molecule has 18 heavy (non-hydrogen) atoms. The van der Waals surface area contributed by atoms with E-state index in [9.17, 15) is 0 Å². The number of methoxy groups -OCH3 is 1. The van der Waals surface area contributed by atoms with E-state index in [0.717, 1.165) is 37.8 Å². The van der Waals surface area contributed by atoms with Gasteiger partial charge >= 0.3 is 0 Å². The van der Waals surface area contributed by atoms with E-state index in [1.807, 2.05) is 19.4 Å². The molecule has 5 heteroatoms. The van der Waals surface area contributed by atoms with Gasteiger partial charge in [-0.25, -0.2) is 4.98 Å². The number of ether oxygens (including phenoxy) is 1. The van der Waals surface area contributed by atoms with Crippen molar-refractivity contribution in [2.75, 3.05) is 38.8 Å². The molecule has 0 aliphatic carbocycles. The zero-order valence-corrected chi connectivity index (χ0v) is 11.2. The lowest BCUT2D eigenvalue weighted by Gasteiger charge is -2.32. The van der Waals surface area contributed by atoms with Crippen LogP contribution in [0.1, 0.15) is 18.5 Å². The van der Waals surface area contributed by atoms with Crippen LogP contribution in [0, 0.1) is 5.92 Å². The molecule has 0 aromatic carbocycles. The number of piperidine rings is 1. The highest BCUT2D eigenvalue weighted by Gasteiger charge is 2.20. The molecule has 100 valence electrons. The summed E-state index contributed by atoms with van der Waals surface area (Å²) in [5, 5.41) is 3.07. The van der Waals surface area contributed by atoms with Crippen LogP contribution in [-0.2, 0) is 11.3 Å². The fourth-order valence-corrected chi connectivity index (χ4v) is 2.35. The number of nitrogens with zero attached hydrogens (tertiary/aromatic N) is 3. The molecule has 0 spiro atoms.